The number of aliphatic hydroxyl groups excluding tert-OH is 1. The summed E-state index contributed by atoms with van der Waals surface area (Å²) in [5.41, 5.74) is 1.02. The molecule has 0 spiro atoms. The van der Waals surface area contributed by atoms with E-state index in [1.165, 1.54) is 12.3 Å². The van der Waals surface area contributed by atoms with Gasteiger partial charge in [0, 0.05) is 10.0 Å². The van der Waals surface area contributed by atoms with Crippen molar-refractivity contribution >= 4 is 15.9 Å². The molecule has 0 amide bonds. The Labute approximate surface area is 102 Å². The number of hydrogen-bond acceptors (Lipinski definition) is 2. The molecule has 1 atom stereocenters. The Morgan fingerprint density at radius 2 is 2.25 bits per heavy atom. The summed E-state index contributed by atoms with van der Waals surface area (Å²) in [4.78, 5) is 0. The third-order valence-corrected chi connectivity index (χ3v) is 3.06. The second-order valence-electron chi connectivity index (χ2n) is 3.74. The molecule has 1 unspecified atom stereocenters. The van der Waals surface area contributed by atoms with Crippen molar-refractivity contribution in [2.45, 2.75) is 18.9 Å². The maximum atomic E-state index is 13.6. The van der Waals surface area contributed by atoms with Crippen LogP contribution in [-0.4, -0.2) is 11.7 Å². The number of hydrogen-bond donors (Lipinski definition) is 1. The molecule has 1 N–H and O–H groups in total. The number of rotatable bonds is 2. The fourth-order valence-corrected chi connectivity index (χ4v) is 2.04. The van der Waals surface area contributed by atoms with E-state index in [0.717, 1.165) is 18.4 Å². The first-order valence-electron chi connectivity index (χ1n) is 5.12. The molecule has 1 aliphatic rings. The minimum absolute atomic E-state index is 0.292. The third-order valence-electron chi connectivity index (χ3n) is 2.57. The summed E-state index contributed by atoms with van der Waals surface area (Å²) in [5.74, 6) is -0.409. The average molecular weight is 287 g/mol. The monoisotopic (exact) mass is 286 g/mol. The van der Waals surface area contributed by atoms with E-state index in [1.807, 2.05) is 0 Å². The molecule has 0 radical (unpaired) electrons. The van der Waals surface area contributed by atoms with Crippen molar-refractivity contribution in [2.75, 3.05) is 6.61 Å². The van der Waals surface area contributed by atoms with Gasteiger partial charge < -0.3 is 9.84 Å². The number of ether oxygens (including phenoxy) is 1. The Morgan fingerprint density at radius 3 is 2.88 bits per heavy atom. The van der Waals surface area contributed by atoms with Crippen LogP contribution in [0.4, 0.5) is 4.39 Å². The molecule has 1 aromatic carbocycles. The Hall–Kier alpha value is -0.870. The highest BCUT2D eigenvalue weighted by molar-refractivity contribution is 9.10. The summed E-state index contributed by atoms with van der Waals surface area (Å²) >= 11 is 3.18. The van der Waals surface area contributed by atoms with Gasteiger partial charge in [0.25, 0.3) is 0 Å². The van der Waals surface area contributed by atoms with Crippen LogP contribution in [0.5, 0.6) is 0 Å². The van der Waals surface area contributed by atoms with Crippen LogP contribution in [-0.2, 0) is 4.74 Å². The van der Waals surface area contributed by atoms with Crippen LogP contribution in [0.25, 0.3) is 0 Å². The van der Waals surface area contributed by atoms with E-state index in [-0.39, 0.29) is 0 Å². The van der Waals surface area contributed by atoms with Gasteiger partial charge in [-0.05, 0) is 30.5 Å². The van der Waals surface area contributed by atoms with E-state index in [9.17, 15) is 9.50 Å². The summed E-state index contributed by atoms with van der Waals surface area (Å²) in [6.07, 6.45) is 2.24. The molecule has 2 nitrogen and oxygen atoms in total. The molecule has 2 rings (SSSR count). The molecule has 0 saturated carbocycles. The van der Waals surface area contributed by atoms with Crippen LogP contribution in [0.15, 0.2) is 34.5 Å². The van der Waals surface area contributed by atoms with Crippen LogP contribution in [0, 0.1) is 5.82 Å². The summed E-state index contributed by atoms with van der Waals surface area (Å²) in [7, 11) is 0. The van der Waals surface area contributed by atoms with Crippen molar-refractivity contribution in [2.24, 2.45) is 0 Å². The number of benzene rings is 1. The molecule has 0 fully saturated rings. The normalized spacial score (nSPS) is 17.6. The second kappa shape index (κ2) is 4.97. The van der Waals surface area contributed by atoms with Gasteiger partial charge in [-0.15, -0.1) is 0 Å². The zero-order valence-electron chi connectivity index (χ0n) is 8.62. The summed E-state index contributed by atoms with van der Waals surface area (Å²) < 4.78 is 19.4. The van der Waals surface area contributed by atoms with Crippen LogP contribution in [0.2, 0.25) is 0 Å². The van der Waals surface area contributed by atoms with Gasteiger partial charge in [-0.25, -0.2) is 4.39 Å². The van der Waals surface area contributed by atoms with Gasteiger partial charge in [-0.3, -0.25) is 0 Å². The molecule has 0 saturated heterocycles. The van der Waals surface area contributed by atoms with Gasteiger partial charge in [-0.1, -0.05) is 22.0 Å². The first kappa shape index (κ1) is 11.6. The highest BCUT2D eigenvalue weighted by Crippen LogP contribution is 2.30. The standard InChI is InChI=1S/C12H12BrFO2/c13-9-3-4-10(11(14)6-9)12(15)8-2-1-5-16-7-8/h3-4,6-7,12,15H,1-2,5H2. The van der Waals surface area contributed by atoms with Gasteiger partial charge in [0.05, 0.1) is 12.9 Å². The van der Waals surface area contributed by atoms with Crippen LogP contribution in [0.3, 0.4) is 0 Å². The predicted molar refractivity (Wildman–Crippen MR) is 62.3 cm³/mol. The summed E-state index contributed by atoms with van der Waals surface area (Å²) in [6.45, 7) is 0.666. The van der Waals surface area contributed by atoms with Gasteiger partial charge in [0.15, 0.2) is 0 Å². The minimum atomic E-state index is -0.909. The first-order valence-corrected chi connectivity index (χ1v) is 5.91. The molecule has 0 aromatic heterocycles. The van der Waals surface area contributed by atoms with Crippen LogP contribution >= 0.6 is 15.9 Å². The topological polar surface area (TPSA) is 29.5 Å². The maximum absolute atomic E-state index is 13.6. The van der Waals surface area contributed by atoms with E-state index < -0.39 is 11.9 Å². The highest BCUT2D eigenvalue weighted by Gasteiger charge is 2.19. The van der Waals surface area contributed by atoms with Crippen molar-refractivity contribution < 1.29 is 14.2 Å². The van der Waals surface area contributed by atoms with Crippen LogP contribution in [0.1, 0.15) is 24.5 Å². The molecule has 0 bridgehead atoms. The maximum Gasteiger partial charge on any atom is 0.130 e. The lowest BCUT2D eigenvalue weighted by Crippen LogP contribution is -2.09. The van der Waals surface area contributed by atoms with Crippen molar-refractivity contribution in [3.8, 4) is 0 Å². The zero-order chi connectivity index (χ0) is 11.5. The predicted octanol–water partition coefficient (Wildman–Crippen LogP) is 3.32. The summed E-state index contributed by atoms with van der Waals surface area (Å²) in [5, 5.41) is 10.0. The first-order chi connectivity index (χ1) is 7.68. The Balaban J connectivity index is 2.26. The van der Waals surface area contributed by atoms with E-state index in [0.29, 0.717) is 16.6 Å². The van der Waals surface area contributed by atoms with Crippen molar-refractivity contribution in [1.82, 2.24) is 0 Å². The lowest BCUT2D eigenvalue weighted by molar-refractivity contribution is 0.167. The number of aliphatic hydroxyl groups is 1. The molecule has 16 heavy (non-hydrogen) atoms. The smallest absolute Gasteiger partial charge is 0.130 e. The van der Waals surface area contributed by atoms with E-state index >= 15 is 0 Å². The molecule has 1 aliphatic heterocycles. The molecule has 1 aromatic rings. The largest absolute Gasteiger partial charge is 0.501 e. The van der Waals surface area contributed by atoms with E-state index in [4.69, 9.17) is 4.74 Å². The quantitative estimate of drug-likeness (QED) is 0.904. The fourth-order valence-electron chi connectivity index (χ4n) is 1.71. The van der Waals surface area contributed by atoms with Gasteiger partial charge in [-0.2, -0.15) is 0 Å². The zero-order valence-corrected chi connectivity index (χ0v) is 10.2. The Morgan fingerprint density at radius 1 is 1.44 bits per heavy atom. The number of halogens is 2. The van der Waals surface area contributed by atoms with E-state index in [1.54, 1.807) is 12.1 Å². The Bertz CT molecular complexity index is 417. The summed E-state index contributed by atoms with van der Waals surface area (Å²) in [6, 6.07) is 4.65. The lowest BCUT2D eigenvalue weighted by atomic mass is 9.98. The average Bonchev–Trinajstić information content (AvgIpc) is 2.29. The van der Waals surface area contributed by atoms with Crippen LogP contribution < -0.4 is 0 Å². The SMILES string of the molecule is OC(C1=COCCC1)c1ccc(Br)cc1F. The van der Waals surface area contributed by atoms with Gasteiger partial charge >= 0.3 is 0 Å². The molecule has 0 aliphatic carbocycles. The molecular weight excluding hydrogens is 275 g/mol. The highest BCUT2D eigenvalue weighted by atomic mass is 79.9. The van der Waals surface area contributed by atoms with Crippen molar-refractivity contribution in [1.29, 1.82) is 0 Å². The lowest BCUT2D eigenvalue weighted by Gasteiger charge is -2.19. The van der Waals surface area contributed by atoms with Gasteiger partial charge in [0.1, 0.15) is 11.9 Å². The molecule has 86 valence electrons. The fraction of sp³-hybridized carbons (Fsp3) is 0.333. The Kier molecular flexibility index (Phi) is 3.61. The minimum Gasteiger partial charge on any atom is -0.501 e. The van der Waals surface area contributed by atoms with Gasteiger partial charge in [0.2, 0.25) is 0 Å². The molecular formula is C12H12BrFO2. The van der Waals surface area contributed by atoms with E-state index in [2.05, 4.69) is 15.9 Å². The van der Waals surface area contributed by atoms with Crippen molar-refractivity contribution in [3.63, 3.8) is 0 Å². The molecule has 1 heterocycles. The third kappa shape index (κ3) is 2.44. The molecule has 4 heteroatoms. The second-order valence-corrected chi connectivity index (χ2v) is 4.65. The van der Waals surface area contributed by atoms with Crippen molar-refractivity contribution in [3.05, 3.63) is 45.9 Å².